The Morgan fingerprint density at radius 2 is 2.06 bits per heavy atom. The standard InChI is InChI=1S/C12H16N2O3/c1-3-9(4-2)14-11(15)10-7-8(12(16)17)5-6-13-10/h5-7,9H,3-4H2,1-2H3,(H,14,15)(H,16,17). The topological polar surface area (TPSA) is 79.3 Å². The molecule has 17 heavy (non-hydrogen) atoms. The zero-order valence-corrected chi connectivity index (χ0v) is 9.93. The molecule has 0 aliphatic carbocycles. The van der Waals surface area contributed by atoms with Crippen LogP contribution in [0.25, 0.3) is 0 Å². The lowest BCUT2D eigenvalue weighted by Crippen LogP contribution is -2.34. The van der Waals surface area contributed by atoms with E-state index in [1.165, 1.54) is 18.3 Å². The first-order chi connectivity index (χ1) is 8.08. The molecular weight excluding hydrogens is 220 g/mol. The number of pyridine rings is 1. The smallest absolute Gasteiger partial charge is 0.335 e. The lowest BCUT2D eigenvalue weighted by molar-refractivity contribution is 0.0696. The van der Waals surface area contributed by atoms with Crippen LogP contribution in [0.15, 0.2) is 18.3 Å². The number of hydrogen-bond acceptors (Lipinski definition) is 3. The Bertz CT molecular complexity index is 414. The van der Waals surface area contributed by atoms with Crippen LogP contribution in [0.1, 0.15) is 47.5 Å². The number of carboxylic acids is 1. The fraction of sp³-hybridized carbons (Fsp3) is 0.417. The zero-order chi connectivity index (χ0) is 12.8. The Balaban J connectivity index is 2.82. The van der Waals surface area contributed by atoms with Gasteiger partial charge in [0, 0.05) is 12.2 Å². The van der Waals surface area contributed by atoms with Gasteiger partial charge in [0.05, 0.1) is 5.56 Å². The Morgan fingerprint density at radius 3 is 2.59 bits per heavy atom. The average molecular weight is 236 g/mol. The molecule has 0 saturated heterocycles. The average Bonchev–Trinajstić information content (AvgIpc) is 2.35. The summed E-state index contributed by atoms with van der Waals surface area (Å²) in [5.41, 5.74) is 0.200. The van der Waals surface area contributed by atoms with E-state index in [0.717, 1.165) is 12.8 Å². The van der Waals surface area contributed by atoms with E-state index in [-0.39, 0.29) is 23.2 Å². The van der Waals surface area contributed by atoms with Crippen molar-refractivity contribution < 1.29 is 14.7 Å². The van der Waals surface area contributed by atoms with Crippen molar-refractivity contribution in [3.63, 3.8) is 0 Å². The largest absolute Gasteiger partial charge is 0.478 e. The second-order valence-corrected chi connectivity index (χ2v) is 3.72. The molecule has 1 rings (SSSR count). The van der Waals surface area contributed by atoms with Gasteiger partial charge >= 0.3 is 5.97 Å². The number of carboxylic acid groups (broad SMARTS) is 1. The highest BCUT2D eigenvalue weighted by Gasteiger charge is 2.13. The first-order valence-electron chi connectivity index (χ1n) is 5.58. The molecule has 0 aliphatic rings. The van der Waals surface area contributed by atoms with Crippen molar-refractivity contribution in [1.29, 1.82) is 0 Å². The van der Waals surface area contributed by atoms with Gasteiger partial charge in [0.25, 0.3) is 5.91 Å². The summed E-state index contributed by atoms with van der Waals surface area (Å²) in [7, 11) is 0. The van der Waals surface area contributed by atoms with Crippen molar-refractivity contribution in [2.24, 2.45) is 0 Å². The summed E-state index contributed by atoms with van der Waals surface area (Å²) in [5.74, 6) is -1.40. The minimum atomic E-state index is -1.07. The molecule has 5 heteroatoms. The summed E-state index contributed by atoms with van der Waals surface area (Å²) in [6, 6.07) is 2.73. The zero-order valence-electron chi connectivity index (χ0n) is 9.93. The minimum absolute atomic E-state index is 0.0645. The van der Waals surface area contributed by atoms with Crippen LogP contribution < -0.4 is 5.32 Å². The lowest BCUT2D eigenvalue weighted by Gasteiger charge is -2.14. The van der Waals surface area contributed by atoms with Crippen molar-refractivity contribution in [2.75, 3.05) is 0 Å². The molecule has 0 radical (unpaired) electrons. The van der Waals surface area contributed by atoms with E-state index in [9.17, 15) is 9.59 Å². The number of amides is 1. The monoisotopic (exact) mass is 236 g/mol. The molecule has 5 nitrogen and oxygen atoms in total. The van der Waals surface area contributed by atoms with Crippen molar-refractivity contribution in [3.8, 4) is 0 Å². The highest BCUT2D eigenvalue weighted by atomic mass is 16.4. The normalized spacial score (nSPS) is 10.3. The fourth-order valence-corrected chi connectivity index (χ4v) is 1.44. The first-order valence-corrected chi connectivity index (χ1v) is 5.58. The van der Waals surface area contributed by atoms with E-state index in [2.05, 4.69) is 10.3 Å². The number of carbonyl (C=O) groups is 2. The van der Waals surface area contributed by atoms with Gasteiger partial charge in [-0.15, -0.1) is 0 Å². The maximum Gasteiger partial charge on any atom is 0.335 e. The maximum atomic E-state index is 11.8. The van der Waals surface area contributed by atoms with Gasteiger partial charge in [0.2, 0.25) is 0 Å². The molecule has 1 amide bonds. The number of rotatable bonds is 5. The van der Waals surface area contributed by atoms with Crippen LogP contribution in [-0.2, 0) is 0 Å². The molecule has 0 aliphatic heterocycles. The molecule has 0 unspecified atom stereocenters. The van der Waals surface area contributed by atoms with Crippen LogP contribution >= 0.6 is 0 Å². The summed E-state index contributed by atoms with van der Waals surface area (Å²) in [6.45, 7) is 3.96. The number of carbonyl (C=O) groups excluding carboxylic acids is 1. The molecule has 1 heterocycles. The summed E-state index contributed by atoms with van der Waals surface area (Å²) in [6.07, 6.45) is 2.99. The van der Waals surface area contributed by atoms with E-state index < -0.39 is 5.97 Å². The van der Waals surface area contributed by atoms with Crippen molar-refractivity contribution in [3.05, 3.63) is 29.6 Å². The summed E-state index contributed by atoms with van der Waals surface area (Å²) in [4.78, 5) is 26.4. The Hall–Kier alpha value is -1.91. The molecular formula is C12H16N2O3. The van der Waals surface area contributed by atoms with Crippen LogP contribution in [-0.4, -0.2) is 28.0 Å². The van der Waals surface area contributed by atoms with Crippen molar-refractivity contribution >= 4 is 11.9 Å². The van der Waals surface area contributed by atoms with Crippen LogP contribution in [0.2, 0.25) is 0 Å². The quantitative estimate of drug-likeness (QED) is 0.815. The lowest BCUT2D eigenvalue weighted by atomic mass is 10.1. The SMILES string of the molecule is CCC(CC)NC(=O)c1cc(C(=O)O)ccn1. The molecule has 0 saturated carbocycles. The summed E-state index contributed by atoms with van der Waals surface area (Å²) < 4.78 is 0. The number of aromatic nitrogens is 1. The Labute approximate surface area is 99.9 Å². The fourth-order valence-electron chi connectivity index (χ4n) is 1.44. The second-order valence-electron chi connectivity index (χ2n) is 3.72. The van der Waals surface area contributed by atoms with Gasteiger partial charge in [-0.1, -0.05) is 13.8 Å². The predicted molar refractivity (Wildman–Crippen MR) is 63.0 cm³/mol. The Morgan fingerprint density at radius 1 is 1.41 bits per heavy atom. The molecule has 0 bridgehead atoms. The molecule has 2 N–H and O–H groups in total. The van der Waals surface area contributed by atoms with Crippen LogP contribution in [0.3, 0.4) is 0 Å². The van der Waals surface area contributed by atoms with E-state index in [1.54, 1.807) is 0 Å². The number of hydrogen-bond donors (Lipinski definition) is 2. The highest BCUT2D eigenvalue weighted by molar-refractivity contribution is 5.95. The molecule has 0 fully saturated rings. The third-order valence-electron chi connectivity index (χ3n) is 2.56. The van der Waals surface area contributed by atoms with Gasteiger partial charge in [-0.3, -0.25) is 9.78 Å². The third-order valence-corrected chi connectivity index (χ3v) is 2.56. The van der Waals surface area contributed by atoms with Gasteiger partial charge in [0.15, 0.2) is 0 Å². The van der Waals surface area contributed by atoms with Crippen LogP contribution in [0, 0.1) is 0 Å². The minimum Gasteiger partial charge on any atom is -0.478 e. The summed E-state index contributed by atoms with van der Waals surface area (Å²) >= 11 is 0. The first kappa shape index (κ1) is 13.2. The molecule has 0 spiro atoms. The second kappa shape index (κ2) is 5.98. The predicted octanol–water partition coefficient (Wildman–Crippen LogP) is 1.70. The maximum absolute atomic E-state index is 11.8. The van der Waals surface area contributed by atoms with E-state index >= 15 is 0 Å². The van der Waals surface area contributed by atoms with E-state index in [4.69, 9.17) is 5.11 Å². The highest BCUT2D eigenvalue weighted by Crippen LogP contribution is 2.04. The van der Waals surface area contributed by atoms with E-state index in [0.29, 0.717) is 0 Å². The Kier molecular flexibility index (Phi) is 4.63. The van der Waals surface area contributed by atoms with Gasteiger partial charge in [-0.05, 0) is 25.0 Å². The number of nitrogens with one attached hydrogen (secondary N) is 1. The molecule has 0 aromatic carbocycles. The third kappa shape index (κ3) is 3.55. The van der Waals surface area contributed by atoms with Crippen LogP contribution in [0.4, 0.5) is 0 Å². The number of nitrogens with zero attached hydrogens (tertiary/aromatic N) is 1. The molecule has 1 aromatic heterocycles. The van der Waals surface area contributed by atoms with E-state index in [1.807, 2.05) is 13.8 Å². The number of aromatic carboxylic acids is 1. The van der Waals surface area contributed by atoms with Gasteiger partial charge < -0.3 is 10.4 Å². The van der Waals surface area contributed by atoms with Gasteiger partial charge in [-0.2, -0.15) is 0 Å². The van der Waals surface area contributed by atoms with Crippen molar-refractivity contribution in [2.45, 2.75) is 32.7 Å². The van der Waals surface area contributed by atoms with Gasteiger partial charge in [0.1, 0.15) is 5.69 Å². The van der Waals surface area contributed by atoms with Crippen LogP contribution in [0.5, 0.6) is 0 Å². The van der Waals surface area contributed by atoms with Crippen molar-refractivity contribution in [1.82, 2.24) is 10.3 Å². The molecule has 92 valence electrons. The van der Waals surface area contributed by atoms with Gasteiger partial charge in [-0.25, -0.2) is 4.79 Å². The molecule has 1 aromatic rings. The molecule has 0 atom stereocenters. The summed E-state index contributed by atoms with van der Waals surface area (Å²) in [5, 5.41) is 11.6.